The molecule has 25 heavy (non-hydrogen) atoms. The Morgan fingerprint density at radius 3 is 2.64 bits per heavy atom. The summed E-state index contributed by atoms with van der Waals surface area (Å²) in [6.45, 7) is 3.96. The number of urea groups is 1. The van der Waals surface area contributed by atoms with Gasteiger partial charge in [-0.3, -0.25) is 0 Å². The maximum atomic E-state index is 12.4. The van der Waals surface area contributed by atoms with Crippen LogP contribution in [0.2, 0.25) is 0 Å². The van der Waals surface area contributed by atoms with Gasteiger partial charge in [-0.25, -0.2) is 13.2 Å². The van der Waals surface area contributed by atoms with Crippen LogP contribution in [0, 0.1) is 0 Å². The zero-order valence-electron chi connectivity index (χ0n) is 14.8. The number of rotatable bonds is 4. The van der Waals surface area contributed by atoms with Crippen molar-refractivity contribution in [1.82, 2.24) is 14.5 Å². The Labute approximate surface area is 150 Å². The maximum Gasteiger partial charge on any atom is 0.317 e. The summed E-state index contributed by atoms with van der Waals surface area (Å²) in [7, 11) is -3.16. The molecule has 2 amide bonds. The van der Waals surface area contributed by atoms with Gasteiger partial charge in [0.2, 0.25) is 10.0 Å². The van der Waals surface area contributed by atoms with Crippen molar-refractivity contribution in [1.29, 1.82) is 0 Å². The molecule has 1 atom stereocenters. The summed E-state index contributed by atoms with van der Waals surface area (Å²) in [4.78, 5) is 14.1. The second-order valence-electron chi connectivity index (χ2n) is 6.76. The van der Waals surface area contributed by atoms with Gasteiger partial charge in [-0.05, 0) is 37.3 Å². The molecule has 6 nitrogen and oxygen atoms in total. The lowest BCUT2D eigenvalue weighted by atomic mass is 9.83. The highest BCUT2D eigenvalue weighted by Gasteiger charge is 2.28. The smallest absolute Gasteiger partial charge is 0.317 e. The molecule has 0 aromatic heterocycles. The molecule has 1 N–H and O–H groups in total. The molecule has 1 aromatic rings. The zero-order chi connectivity index (χ0) is 17.9. The molecule has 3 rings (SSSR count). The number of nitrogens with one attached hydrogen (secondary N) is 1. The standard InChI is InChI=1S/C18H27N3O3S/c1-2-25(23,24)21-12-10-20(11-13-21)18(22)19-14-16-8-5-7-15-6-3-4-9-17(15)16/h3-4,6,9,16H,2,5,7-8,10-14H2,1H3,(H,19,22). The molecule has 1 fully saturated rings. The number of nitrogens with zero attached hydrogens (tertiary/aromatic N) is 2. The van der Waals surface area contributed by atoms with E-state index < -0.39 is 10.0 Å². The van der Waals surface area contributed by atoms with E-state index in [1.54, 1.807) is 11.8 Å². The molecule has 0 spiro atoms. The van der Waals surface area contributed by atoms with E-state index in [1.807, 2.05) is 0 Å². The average molecular weight is 365 g/mol. The minimum Gasteiger partial charge on any atom is -0.337 e. The highest BCUT2D eigenvalue weighted by molar-refractivity contribution is 7.89. The average Bonchev–Trinajstić information content (AvgIpc) is 2.66. The monoisotopic (exact) mass is 365 g/mol. The molecular formula is C18H27N3O3S. The van der Waals surface area contributed by atoms with Gasteiger partial charge in [-0.2, -0.15) is 4.31 Å². The number of amides is 2. The van der Waals surface area contributed by atoms with Crippen LogP contribution in [-0.4, -0.2) is 62.1 Å². The van der Waals surface area contributed by atoms with Crippen molar-refractivity contribution in [3.8, 4) is 0 Å². The van der Waals surface area contributed by atoms with Gasteiger partial charge < -0.3 is 10.2 Å². The molecule has 0 saturated carbocycles. The summed E-state index contributed by atoms with van der Waals surface area (Å²) in [5.41, 5.74) is 2.75. The molecule has 1 heterocycles. The van der Waals surface area contributed by atoms with Crippen molar-refractivity contribution in [3.63, 3.8) is 0 Å². The van der Waals surface area contributed by atoms with Gasteiger partial charge in [0.05, 0.1) is 5.75 Å². The summed E-state index contributed by atoms with van der Waals surface area (Å²) in [5, 5.41) is 3.05. The van der Waals surface area contributed by atoms with Crippen molar-refractivity contribution < 1.29 is 13.2 Å². The molecule has 0 bridgehead atoms. The summed E-state index contributed by atoms with van der Waals surface area (Å²) >= 11 is 0. The zero-order valence-corrected chi connectivity index (χ0v) is 15.6. The molecule has 1 aromatic carbocycles. The first-order chi connectivity index (χ1) is 12.0. The van der Waals surface area contributed by atoms with Crippen LogP contribution in [0.1, 0.15) is 36.8 Å². The van der Waals surface area contributed by atoms with Gasteiger partial charge in [0.25, 0.3) is 0 Å². The Hall–Kier alpha value is -1.60. The number of fused-ring (bicyclic) bond motifs is 1. The quantitative estimate of drug-likeness (QED) is 0.884. The Morgan fingerprint density at radius 1 is 1.20 bits per heavy atom. The van der Waals surface area contributed by atoms with E-state index in [-0.39, 0.29) is 11.8 Å². The predicted molar refractivity (Wildman–Crippen MR) is 98.1 cm³/mol. The SMILES string of the molecule is CCS(=O)(=O)N1CCN(C(=O)NCC2CCCc3ccccc32)CC1. The van der Waals surface area contributed by atoms with Gasteiger partial charge in [0.1, 0.15) is 0 Å². The third-order valence-corrected chi connectivity index (χ3v) is 7.16. The second-order valence-corrected chi connectivity index (χ2v) is 9.02. The minimum absolute atomic E-state index is 0.0865. The van der Waals surface area contributed by atoms with Gasteiger partial charge in [-0.1, -0.05) is 24.3 Å². The summed E-state index contributed by atoms with van der Waals surface area (Å²) in [6, 6.07) is 8.39. The number of piperazine rings is 1. The van der Waals surface area contributed by atoms with E-state index in [9.17, 15) is 13.2 Å². The number of carbonyl (C=O) groups excluding carboxylic acids is 1. The Bertz CT molecular complexity index is 712. The van der Waals surface area contributed by atoms with Crippen molar-refractivity contribution in [2.24, 2.45) is 0 Å². The number of hydrogen-bond acceptors (Lipinski definition) is 3. The van der Waals surface area contributed by atoms with E-state index in [0.717, 1.165) is 19.3 Å². The van der Waals surface area contributed by atoms with Crippen LogP contribution in [0.15, 0.2) is 24.3 Å². The number of benzene rings is 1. The predicted octanol–water partition coefficient (Wildman–Crippen LogP) is 1.78. The first-order valence-electron chi connectivity index (χ1n) is 9.09. The third-order valence-electron chi connectivity index (χ3n) is 5.28. The van der Waals surface area contributed by atoms with Gasteiger partial charge in [-0.15, -0.1) is 0 Å². The van der Waals surface area contributed by atoms with E-state index in [1.165, 1.54) is 15.4 Å². The molecule has 0 radical (unpaired) electrons. The lowest BCUT2D eigenvalue weighted by molar-refractivity contribution is 0.171. The third kappa shape index (κ3) is 4.15. The van der Waals surface area contributed by atoms with Crippen LogP contribution in [0.3, 0.4) is 0 Å². The highest BCUT2D eigenvalue weighted by atomic mass is 32.2. The lowest BCUT2D eigenvalue weighted by Gasteiger charge is -2.34. The van der Waals surface area contributed by atoms with E-state index in [2.05, 4.69) is 29.6 Å². The fourth-order valence-corrected chi connectivity index (χ4v) is 4.83. The molecular weight excluding hydrogens is 338 g/mol. The highest BCUT2D eigenvalue weighted by Crippen LogP contribution is 2.30. The lowest BCUT2D eigenvalue weighted by Crippen LogP contribution is -2.53. The molecule has 7 heteroatoms. The summed E-state index contributed by atoms with van der Waals surface area (Å²) in [6.07, 6.45) is 3.37. The first kappa shape index (κ1) is 18.2. The molecule has 1 saturated heterocycles. The Balaban J connectivity index is 1.51. The largest absolute Gasteiger partial charge is 0.337 e. The van der Waals surface area contributed by atoms with Gasteiger partial charge in [0.15, 0.2) is 0 Å². The molecule has 1 aliphatic carbocycles. The van der Waals surface area contributed by atoms with Crippen LogP contribution in [-0.2, 0) is 16.4 Å². The number of aryl methyl sites for hydroxylation is 1. The Morgan fingerprint density at radius 2 is 1.92 bits per heavy atom. The van der Waals surface area contributed by atoms with Crippen LogP contribution in [0.4, 0.5) is 4.79 Å². The molecule has 1 unspecified atom stereocenters. The topological polar surface area (TPSA) is 69.7 Å². The van der Waals surface area contributed by atoms with Crippen molar-refractivity contribution >= 4 is 16.1 Å². The van der Waals surface area contributed by atoms with Crippen molar-refractivity contribution in [2.75, 3.05) is 38.5 Å². The fourth-order valence-electron chi connectivity index (χ4n) is 3.74. The van der Waals surface area contributed by atoms with Crippen LogP contribution >= 0.6 is 0 Å². The van der Waals surface area contributed by atoms with Crippen LogP contribution in [0.5, 0.6) is 0 Å². The summed E-state index contributed by atoms with van der Waals surface area (Å²) < 4.78 is 25.3. The minimum atomic E-state index is -3.16. The molecule has 138 valence electrons. The number of sulfonamides is 1. The van der Waals surface area contributed by atoms with E-state index in [4.69, 9.17) is 0 Å². The fraction of sp³-hybridized carbons (Fsp3) is 0.611. The molecule has 2 aliphatic rings. The van der Waals surface area contributed by atoms with Crippen molar-refractivity contribution in [3.05, 3.63) is 35.4 Å². The Kier molecular flexibility index (Phi) is 5.64. The second kappa shape index (κ2) is 7.74. The number of hydrogen-bond donors (Lipinski definition) is 1. The molecule has 1 aliphatic heterocycles. The maximum absolute atomic E-state index is 12.4. The van der Waals surface area contributed by atoms with E-state index >= 15 is 0 Å². The van der Waals surface area contributed by atoms with Gasteiger partial charge in [0, 0.05) is 38.6 Å². The summed E-state index contributed by atoms with van der Waals surface area (Å²) in [5.74, 6) is 0.482. The first-order valence-corrected chi connectivity index (χ1v) is 10.7. The van der Waals surface area contributed by atoms with Crippen molar-refractivity contribution in [2.45, 2.75) is 32.1 Å². The van der Waals surface area contributed by atoms with E-state index in [0.29, 0.717) is 38.6 Å². The van der Waals surface area contributed by atoms with Gasteiger partial charge >= 0.3 is 6.03 Å². The van der Waals surface area contributed by atoms with Crippen LogP contribution in [0.25, 0.3) is 0 Å². The number of carbonyl (C=O) groups is 1. The van der Waals surface area contributed by atoms with Crippen LogP contribution < -0.4 is 5.32 Å². The normalized spacial score (nSPS) is 21.6.